The molecule has 0 bridgehead atoms. The normalized spacial score (nSPS) is 15.0. The average molecular weight is 208 g/mol. The van der Waals surface area contributed by atoms with Crippen molar-refractivity contribution in [1.82, 2.24) is 0 Å². The summed E-state index contributed by atoms with van der Waals surface area (Å²) in [5, 5.41) is 0. The van der Waals surface area contributed by atoms with Crippen molar-refractivity contribution < 1.29 is 18.6 Å². The second kappa shape index (κ2) is 7.10. The van der Waals surface area contributed by atoms with E-state index in [0.717, 1.165) is 0 Å². The van der Waals surface area contributed by atoms with Gasteiger partial charge in [0.05, 0.1) is 5.92 Å². The molecule has 0 saturated carbocycles. The van der Waals surface area contributed by atoms with E-state index in [1.165, 1.54) is 0 Å². The van der Waals surface area contributed by atoms with E-state index in [1.54, 1.807) is 13.8 Å². The molecule has 78 valence electrons. The van der Waals surface area contributed by atoms with Gasteiger partial charge < -0.3 is 9.26 Å². The molecule has 0 heterocycles. The maximum atomic E-state index is 11.1. The quantitative estimate of drug-likeness (QED) is 0.627. The fraction of sp³-hybridized carbons (Fsp3) is 0.875. The van der Waals surface area contributed by atoms with E-state index >= 15 is 0 Å². The van der Waals surface area contributed by atoms with Crippen LogP contribution in [-0.4, -0.2) is 18.9 Å². The van der Waals surface area contributed by atoms with Crippen molar-refractivity contribution in [3.05, 3.63) is 0 Å². The van der Waals surface area contributed by atoms with Crippen LogP contribution in [0, 0.1) is 5.92 Å². The topological polar surface area (TPSA) is 52.6 Å². The van der Waals surface area contributed by atoms with Crippen molar-refractivity contribution >= 4 is 14.0 Å². The Kier molecular flexibility index (Phi) is 6.92. The molecule has 0 aliphatic heterocycles. The first-order chi connectivity index (χ1) is 6.11. The highest BCUT2D eigenvalue weighted by atomic mass is 31.1. The number of rotatable bonds is 6. The first kappa shape index (κ1) is 12.7. The minimum atomic E-state index is -2.33. The maximum Gasteiger partial charge on any atom is 0.313 e. The van der Waals surface area contributed by atoms with E-state index in [-0.39, 0.29) is 12.3 Å². The van der Waals surface area contributed by atoms with Gasteiger partial charge in [0.2, 0.25) is 0 Å². The van der Waals surface area contributed by atoms with Crippen LogP contribution in [0.3, 0.4) is 0 Å². The molecular weight excluding hydrogens is 191 g/mol. The Labute approximate surface area is 79.5 Å². The first-order valence-electron chi connectivity index (χ1n) is 4.44. The Morgan fingerprint density at radius 3 is 2.54 bits per heavy atom. The second-order valence-corrected chi connectivity index (χ2v) is 3.98. The maximum absolute atomic E-state index is 11.1. The van der Waals surface area contributed by atoms with Crippen LogP contribution in [-0.2, 0) is 18.6 Å². The summed E-state index contributed by atoms with van der Waals surface area (Å²) in [5.74, 6) is -0.582. The van der Waals surface area contributed by atoms with Gasteiger partial charge in [-0.25, -0.2) is 0 Å². The molecule has 0 saturated heterocycles. The van der Waals surface area contributed by atoms with Gasteiger partial charge in [0.1, 0.15) is 6.35 Å². The Bertz CT molecular complexity index is 181. The van der Waals surface area contributed by atoms with Crippen molar-refractivity contribution in [1.29, 1.82) is 0 Å². The van der Waals surface area contributed by atoms with Crippen LogP contribution in [0.4, 0.5) is 0 Å². The Balaban J connectivity index is 3.71. The molecule has 13 heavy (non-hydrogen) atoms. The predicted octanol–water partition coefficient (Wildman–Crippen LogP) is 2.04. The van der Waals surface area contributed by atoms with Gasteiger partial charge >= 0.3 is 5.97 Å². The molecule has 0 aromatic rings. The summed E-state index contributed by atoms with van der Waals surface area (Å²) in [7, 11) is -2.33. The van der Waals surface area contributed by atoms with Crippen LogP contribution in [0.5, 0.6) is 0 Å². The van der Waals surface area contributed by atoms with Crippen LogP contribution in [0.1, 0.15) is 27.2 Å². The Hall–Kier alpha value is -0.340. The predicted molar refractivity (Wildman–Crippen MR) is 51.0 cm³/mol. The molecule has 2 atom stereocenters. The molecule has 0 N–H and O–H groups in total. The molecule has 2 unspecified atom stereocenters. The SMILES string of the molecule is CCOC[PH](=O)OC(=O)C(C)CC. The summed E-state index contributed by atoms with van der Waals surface area (Å²) in [6.45, 7) is 5.91. The molecule has 0 rings (SSSR count). The Morgan fingerprint density at radius 2 is 2.08 bits per heavy atom. The minimum absolute atomic E-state index is 0.0311. The summed E-state index contributed by atoms with van der Waals surface area (Å²) >= 11 is 0. The lowest BCUT2D eigenvalue weighted by atomic mass is 10.1. The van der Waals surface area contributed by atoms with Gasteiger partial charge in [0.15, 0.2) is 0 Å². The third kappa shape index (κ3) is 5.83. The molecule has 0 aromatic heterocycles. The lowest BCUT2D eigenvalue weighted by Crippen LogP contribution is -2.10. The van der Waals surface area contributed by atoms with Crippen molar-refractivity contribution in [3.8, 4) is 0 Å². The van der Waals surface area contributed by atoms with Gasteiger partial charge in [-0.15, -0.1) is 0 Å². The number of carbonyl (C=O) groups excluding carboxylic acids is 1. The summed E-state index contributed by atoms with van der Waals surface area (Å²) in [6.07, 6.45) is 0.728. The third-order valence-electron chi connectivity index (χ3n) is 1.65. The summed E-state index contributed by atoms with van der Waals surface area (Å²) in [5.41, 5.74) is 0. The van der Waals surface area contributed by atoms with E-state index in [2.05, 4.69) is 4.52 Å². The summed E-state index contributed by atoms with van der Waals surface area (Å²) < 4.78 is 20.6. The molecular formula is C8H17O4P. The van der Waals surface area contributed by atoms with Crippen molar-refractivity contribution in [3.63, 3.8) is 0 Å². The third-order valence-corrected chi connectivity index (χ3v) is 2.52. The van der Waals surface area contributed by atoms with E-state index in [9.17, 15) is 9.36 Å². The van der Waals surface area contributed by atoms with Crippen molar-refractivity contribution in [2.45, 2.75) is 27.2 Å². The minimum Gasteiger partial charge on any atom is -0.412 e. The lowest BCUT2D eigenvalue weighted by Gasteiger charge is -2.08. The number of hydrogen-bond donors (Lipinski definition) is 0. The molecule has 0 aliphatic carbocycles. The molecule has 4 nitrogen and oxygen atoms in total. The van der Waals surface area contributed by atoms with Gasteiger partial charge in [0.25, 0.3) is 8.03 Å². The lowest BCUT2D eigenvalue weighted by molar-refractivity contribution is -0.138. The van der Waals surface area contributed by atoms with E-state index < -0.39 is 14.0 Å². The van der Waals surface area contributed by atoms with Gasteiger partial charge in [-0.05, 0) is 13.3 Å². The van der Waals surface area contributed by atoms with Gasteiger partial charge in [0, 0.05) is 6.61 Å². The average Bonchev–Trinajstić information content (AvgIpc) is 2.13. The second-order valence-electron chi connectivity index (χ2n) is 2.74. The van der Waals surface area contributed by atoms with Crippen LogP contribution < -0.4 is 0 Å². The standard InChI is InChI=1S/C8H17O4P/c1-4-7(3)8(9)12-13(10)6-11-5-2/h7,13H,4-6H2,1-3H3. The first-order valence-corrected chi connectivity index (χ1v) is 5.96. The monoisotopic (exact) mass is 208 g/mol. The number of carbonyl (C=O) groups is 1. The zero-order chi connectivity index (χ0) is 10.3. The van der Waals surface area contributed by atoms with E-state index in [1.807, 2.05) is 6.92 Å². The zero-order valence-electron chi connectivity index (χ0n) is 8.33. The van der Waals surface area contributed by atoms with Crippen LogP contribution >= 0.6 is 8.03 Å². The highest BCUT2D eigenvalue weighted by molar-refractivity contribution is 7.39. The van der Waals surface area contributed by atoms with Gasteiger partial charge in [-0.1, -0.05) is 13.8 Å². The van der Waals surface area contributed by atoms with E-state index in [0.29, 0.717) is 13.0 Å². The number of ether oxygens (including phenoxy) is 1. The fourth-order valence-corrected chi connectivity index (χ4v) is 1.45. The molecule has 0 spiro atoms. The molecule has 5 heteroatoms. The van der Waals surface area contributed by atoms with Crippen LogP contribution in [0.15, 0.2) is 0 Å². The van der Waals surface area contributed by atoms with Crippen molar-refractivity contribution in [2.24, 2.45) is 5.92 Å². The van der Waals surface area contributed by atoms with Crippen molar-refractivity contribution in [2.75, 3.05) is 13.0 Å². The highest BCUT2D eigenvalue weighted by Gasteiger charge is 2.14. The fourth-order valence-electron chi connectivity index (χ4n) is 0.594. The van der Waals surface area contributed by atoms with Crippen LogP contribution in [0.25, 0.3) is 0 Å². The largest absolute Gasteiger partial charge is 0.412 e. The molecule has 0 aromatic carbocycles. The summed E-state index contributed by atoms with van der Waals surface area (Å²) in [6, 6.07) is 0. The summed E-state index contributed by atoms with van der Waals surface area (Å²) in [4.78, 5) is 11.1. The molecule has 0 amide bonds. The highest BCUT2D eigenvalue weighted by Crippen LogP contribution is 2.24. The van der Waals surface area contributed by atoms with Gasteiger partial charge in [-0.2, -0.15) is 0 Å². The van der Waals surface area contributed by atoms with Gasteiger partial charge in [-0.3, -0.25) is 9.36 Å². The van der Waals surface area contributed by atoms with Crippen LogP contribution in [0.2, 0.25) is 0 Å². The number of hydrogen-bond acceptors (Lipinski definition) is 4. The molecule has 0 aliphatic rings. The molecule has 0 fully saturated rings. The van der Waals surface area contributed by atoms with E-state index in [4.69, 9.17) is 4.74 Å². The zero-order valence-corrected chi connectivity index (χ0v) is 9.33. The smallest absolute Gasteiger partial charge is 0.313 e. The molecule has 0 radical (unpaired) electrons. The Morgan fingerprint density at radius 1 is 1.46 bits per heavy atom.